The summed E-state index contributed by atoms with van der Waals surface area (Å²) in [5.41, 5.74) is 0.775. The molecule has 0 unspecified atom stereocenters. The normalized spacial score (nSPS) is 12.3. The molecule has 0 radical (unpaired) electrons. The van der Waals surface area contributed by atoms with Crippen LogP contribution in [0.2, 0.25) is 0 Å². The first-order valence-corrected chi connectivity index (χ1v) is 6.13. The van der Waals surface area contributed by atoms with E-state index in [0.29, 0.717) is 0 Å². The van der Waals surface area contributed by atoms with E-state index in [-0.39, 0.29) is 34.7 Å². The van der Waals surface area contributed by atoms with Gasteiger partial charge in [0, 0.05) is 18.4 Å². The fourth-order valence-electron chi connectivity index (χ4n) is 1.93. The maximum absolute atomic E-state index is 13.4. The number of hydrogen-bond donors (Lipinski definition) is 0. The number of aromatic nitrogens is 2. The van der Waals surface area contributed by atoms with Gasteiger partial charge in [-0.3, -0.25) is 0 Å². The summed E-state index contributed by atoms with van der Waals surface area (Å²) in [5.74, 6) is -0.114. The molecule has 0 fully saturated rings. The van der Waals surface area contributed by atoms with Gasteiger partial charge in [0.2, 0.25) is 0 Å². The summed E-state index contributed by atoms with van der Waals surface area (Å²) in [4.78, 5) is 4.03. The zero-order chi connectivity index (χ0) is 14.2. The SMILES string of the molecule is Cc1cc2c(cc1F)nc(CCCl)n2CC(F)(F)F. The van der Waals surface area contributed by atoms with Gasteiger partial charge in [0.15, 0.2) is 0 Å². The molecule has 0 aliphatic heterocycles. The third-order valence-electron chi connectivity index (χ3n) is 2.76. The van der Waals surface area contributed by atoms with Crippen LogP contribution in [0, 0.1) is 12.7 Å². The van der Waals surface area contributed by atoms with Gasteiger partial charge < -0.3 is 4.57 Å². The van der Waals surface area contributed by atoms with Crippen LogP contribution in [0.15, 0.2) is 12.1 Å². The highest BCUT2D eigenvalue weighted by Crippen LogP contribution is 2.25. The van der Waals surface area contributed by atoms with E-state index in [1.54, 1.807) is 0 Å². The lowest BCUT2D eigenvalue weighted by Gasteiger charge is -2.11. The average molecular weight is 295 g/mol. The number of imidazole rings is 1. The first-order chi connectivity index (χ1) is 8.81. The van der Waals surface area contributed by atoms with Crippen LogP contribution in [0.25, 0.3) is 11.0 Å². The number of hydrogen-bond acceptors (Lipinski definition) is 1. The Bertz CT molecular complexity index is 604. The lowest BCUT2D eigenvalue weighted by molar-refractivity contribution is -0.140. The van der Waals surface area contributed by atoms with E-state index in [1.165, 1.54) is 13.0 Å². The molecule has 0 saturated heterocycles. The second-order valence-electron chi connectivity index (χ2n) is 4.26. The molecule has 19 heavy (non-hydrogen) atoms. The second kappa shape index (κ2) is 5.00. The molecule has 0 aliphatic carbocycles. The van der Waals surface area contributed by atoms with Crippen LogP contribution < -0.4 is 0 Å². The molecule has 1 aromatic carbocycles. The minimum Gasteiger partial charge on any atom is -0.319 e. The van der Waals surface area contributed by atoms with E-state index >= 15 is 0 Å². The first-order valence-electron chi connectivity index (χ1n) is 5.60. The van der Waals surface area contributed by atoms with Crippen molar-refractivity contribution in [2.24, 2.45) is 0 Å². The van der Waals surface area contributed by atoms with Crippen LogP contribution in [-0.4, -0.2) is 21.6 Å². The summed E-state index contributed by atoms with van der Waals surface area (Å²) in [6, 6.07) is 2.52. The second-order valence-corrected chi connectivity index (χ2v) is 4.64. The number of aryl methyl sites for hydroxylation is 2. The molecule has 0 saturated carbocycles. The molecule has 0 bridgehead atoms. The molecule has 2 aromatic rings. The number of rotatable bonds is 3. The minimum atomic E-state index is -4.36. The highest BCUT2D eigenvalue weighted by molar-refractivity contribution is 6.17. The van der Waals surface area contributed by atoms with Crippen molar-refractivity contribution in [2.45, 2.75) is 26.1 Å². The first kappa shape index (κ1) is 14.1. The van der Waals surface area contributed by atoms with Crippen molar-refractivity contribution in [3.63, 3.8) is 0 Å². The van der Waals surface area contributed by atoms with Gasteiger partial charge in [-0.2, -0.15) is 13.2 Å². The third-order valence-corrected chi connectivity index (χ3v) is 2.95. The zero-order valence-electron chi connectivity index (χ0n) is 10.1. The van der Waals surface area contributed by atoms with Gasteiger partial charge in [-0.05, 0) is 18.6 Å². The van der Waals surface area contributed by atoms with Crippen molar-refractivity contribution in [2.75, 3.05) is 5.88 Å². The van der Waals surface area contributed by atoms with Crippen LogP contribution in [0.4, 0.5) is 17.6 Å². The minimum absolute atomic E-state index is 0.155. The van der Waals surface area contributed by atoms with E-state index in [2.05, 4.69) is 4.98 Å². The van der Waals surface area contributed by atoms with Gasteiger partial charge >= 0.3 is 6.18 Å². The molecule has 0 atom stereocenters. The van der Waals surface area contributed by atoms with E-state index < -0.39 is 18.5 Å². The van der Waals surface area contributed by atoms with Crippen LogP contribution in [-0.2, 0) is 13.0 Å². The van der Waals surface area contributed by atoms with Crippen molar-refractivity contribution in [1.82, 2.24) is 9.55 Å². The van der Waals surface area contributed by atoms with Gasteiger partial charge in [0.25, 0.3) is 0 Å². The average Bonchev–Trinajstić information content (AvgIpc) is 2.57. The van der Waals surface area contributed by atoms with Crippen molar-refractivity contribution in [1.29, 1.82) is 0 Å². The number of benzene rings is 1. The van der Waals surface area contributed by atoms with Gasteiger partial charge in [-0.1, -0.05) is 0 Å². The summed E-state index contributed by atoms with van der Waals surface area (Å²) in [6.07, 6.45) is -4.16. The molecule has 1 aromatic heterocycles. The van der Waals surface area contributed by atoms with Gasteiger partial charge in [0.1, 0.15) is 18.2 Å². The summed E-state index contributed by atoms with van der Waals surface area (Å²) in [5, 5.41) is 0. The topological polar surface area (TPSA) is 17.8 Å². The highest BCUT2D eigenvalue weighted by Gasteiger charge is 2.30. The fourth-order valence-corrected chi connectivity index (χ4v) is 2.10. The smallest absolute Gasteiger partial charge is 0.319 e. The molecule has 0 amide bonds. The quantitative estimate of drug-likeness (QED) is 0.621. The maximum atomic E-state index is 13.4. The molecule has 2 rings (SSSR count). The number of halogens is 5. The summed E-state index contributed by atoms with van der Waals surface area (Å²) >= 11 is 5.56. The number of fused-ring (bicyclic) bond motifs is 1. The molecule has 7 heteroatoms. The Labute approximate surface area is 112 Å². The Morgan fingerprint density at radius 1 is 1.32 bits per heavy atom. The Balaban J connectivity index is 2.62. The summed E-state index contributed by atoms with van der Waals surface area (Å²) in [7, 11) is 0. The van der Waals surface area contributed by atoms with Gasteiger partial charge in [-0.15, -0.1) is 11.6 Å². The van der Waals surface area contributed by atoms with Crippen LogP contribution >= 0.6 is 11.6 Å². The predicted molar refractivity (Wildman–Crippen MR) is 64.9 cm³/mol. The van der Waals surface area contributed by atoms with Crippen LogP contribution in [0.3, 0.4) is 0 Å². The van der Waals surface area contributed by atoms with Crippen molar-refractivity contribution in [3.05, 3.63) is 29.3 Å². The third kappa shape index (κ3) is 3.00. The number of alkyl halides is 4. The molecular weight excluding hydrogens is 284 g/mol. The Kier molecular flexibility index (Phi) is 3.71. The Hall–Kier alpha value is -1.30. The lowest BCUT2D eigenvalue weighted by atomic mass is 10.2. The van der Waals surface area contributed by atoms with E-state index in [4.69, 9.17) is 11.6 Å². The predicted octanol–water partition coefficient (Wildman–Crippen LogP) is 3.83. The molecular formula is C12H11ClF4N2. The van der Waals surface area contributed by atoms with Gasteiger partial charge in [-0.25, -0.2) is 9.37 Å². The molecule has 0 aliphatic rings. The molecule has 0 spiro atoms. The van der Waals surface area contributed by atoms with Crippen molar-refractivity contribution < 1.29 is 17.6 Å². The molecule has 104 valence electrons. The zero-order valence-corrected chi connectivity index (χ0v) is 10.8. The molecule has 1 heterocycles. The summed E-state index contributed by atoms with van der Waals surface area (Å²) in [6.45, 7) is 0.349. The Morgan fingerprint density at radius 2 is 2.00 bits per heavy atom. The number of nitrogens with zero attached hydrogens (tertiary/aromatic N) is 2. The van der Waals surface area contributed by atoms with Crippen molar-refractivity contribution in [3.8, 4) is 0 Å². The summed E-state index contributed by atoms with van der Waals surface area (Å²) < 4.78 is 52.2. The van der Waals surface area contributed by atoms with E-state index in [1.807, 2.05) is 0 Å². The van der Waals surface area contributed by atoms with E-state index in [0.717, 1.165) is 10.6 Å². The highest BCUT2D eigenvalue weighted by atomic mass is 35.5. The van der Waals surface area contributed by atoms with Crippen LogP contribution in [0.5, 0.6) is 0 Å². The Morgan fingerprint density at radius 3 is 2.58 bits per heavy atom. The van der Waals surface area contributed by atoms with E-state index in [9.17, 15) is 17.6 Å². The molecule has 2 nitrogen and oxygen atoms in total. The maximum Gasteiger partial charge on any atom is 0.406 e. The largest absolute Gasteiger partial charge is 0.406 e. The lowest BCUT2D eigenvalue weighted by Crippen LogP contribution is -2.19. The van der Waals surface area contributed by atoms with Gasteiger partial charge in [0.05, 0.1) is 11.0 Å². The standard InChI is InChI=1S/C12H11ClF4N2/c1-7-4-10-9(5-8(7)14)18-11(2-3-13)19(10)6-12(15,16)17/h4-5H,2-3,6H2,1H3. The fraction of sp³-hybridized carbons (Fsp3) is 0.417. The molecule has 0 N–H and O–H groups in total. The monoisotopic (exact) mass is 294 g/mol. The van der Waals surface area contributed by atoms with Crippen LogP contribution in [0.1, 0.15) is 11.4 Å². The van der Waals surface area contributed by atoms with Crippen molar-refractivity contribution >= 4 is 22.6 Å².